The number of nitrogens with one attached hydrogen (secondary N) is 2. The number of cyclic esters (lactones) is 1. The van der Waals surface area contributed by atoms with E-state index < -0.39 is 6.09 Å². The highest BCUT2D eigenvalue weighted by Gasteiger charge is 2.51. The third kappa shape index (κ3) is 3.28. The van der Waals surface area contributed by atoms with Gasteiger partial charge < -0.3 is 21.1 Å². The average Bonchev–Trinajstić information content (AvgIpc) is 3.42. The van der Waals surface area contributed by atoms with Gasteiger partial charge in [0.15, 0.2) is 0 Å². The topological polar surface area (TPSA) is 132 Å². The van der Waals surface area contributed by atoms with Crippen molar-refractivity contribution in [2.75, 3.05) is 17.6 Å². The number of fused-ring (bicyclic) bond motifs is 1. The lowest BCUT2D eigenvalue weighted by Gasteiger charge is -2.10. The van der Waals surface area contributed by atoms with Crippen molar-refractivity contribution >= 4 is 34.4 Å². The molecule has 3 aromatic rings. The minimum Gasteiger partial charge on any atom is -0.444 e. The van der Waals surface area contributed by atoms with Crippen molar-refractivity contribution < 1.29 is 14.3 Å². The van der Waals surface area contributed by atoms with Gasteiger partial charge in [-0.05, 0) is 42.5 Å². The molecule has 9 heteroatoms. The third-order valence-electron chi connectivity index (χ3n) is 5.67. The van der Waals surface area contributed by atoms with E-state index in [9.17, 15) is 9.59 Å². The van der Waals surface area contributed by atoms with Gasteiger partial charge in [-0.3, -0.25) is 9.78 Å². The number of aryl methyl sites for hydroxylation is 1. The van der Waals surface area contributed by atoms with Gasteiger partial charge in [0.05, 0.1) is 12.2 Å². The number of nitrogens with two attached hydrogens (primary N) is 1. The number of amides is 2. The van der Waals surface area contributed by atoms with Crippen molar-refractivity contribution in [3.63, 3.8) is 0 Å². The molecule has 0 unspecified atom stereocenters. The van der Waals surface area contributed by atoms with E-state index in [1.165, 1.54) is 0 Å². The number of anilines is 2. The molecule has 1 saturated carbocycles. The minimum atomic E-state index is -0.423. The van der Waals surface area contributed by atoms with Crippen LogP contribution >= 0.6 is 0 Å². The Morgan fingerprint density at radius 3 is 2.97 bits per heavy atom. The van der Waals surface area contributed by atoms with Crippen molar-refractivity contribution in [1.82, 2.24) is 20.3 Å². The summed E-state index contributed by atoms with van der Waals surface area (Å²) in [4.78, 5) is 36.8. The zero-order valence-corrected chi connectivity index (χ0v) is 16.3. The molecule has 30 heavy (non-hydrogen) atoms. The summed E-state index contributed by atoms with van der Waals surface area (Å²) in [5, 5.41) is 7.03. The lowest BCUT2D eigenvalue weighted by molar-refractivity contribution is -0.117. The first-order valence-electron chi connectivity index (χ1n) is 9.72. The average molecular weight is 404 g/mol. The first-order chi connectivity index (χ1) is 14.5. The third-order valence-corrected chi connectivity index (χ3v) is 5.67. The van der Waals surface area contributed by atoms with Crippen molar-refractivity contribution in [3.8, 4) is 11.3 Å². The number of alkyl carbamates (subject to hydrolysis) is 1. The van der Waals surface area contributed by atoms with Crippen molar-refractivity contribution in [2.45, 2.75) is 19.4 Å². The lowest BCUT2D eigenvalue weighted by Crippen LogP contribution is -2.22. The van der Waals surface area contributed by atoms with Gasteiger partial charge in [0.1, 0.15) is 17.7 Å². The fraction of sp³-hybridized carbons (Fsp3) is 0.286. The number of carbonyl (C=O) groups is 2. The van der Waals surface area contributed by atoms with Crippen LogP contribution in [-0.2, 0) is 9.53 Å². The van der Waals surface area contributed by atoms with Gasteiger partial charge in [-0.25, -0.2) is 14.8 Å². The molecule has 2 amide bonds. The summed E-state index contributed by atoms with van der Waals surface area (Å²) >= 11 is 0. The molecule has 4 N–H and O–H groups in total. The Morgan fingerprint density at radius 1 is 1.33 bits per heavy atom. The van der Waals surface area contributed by atoms with Gasteiger partial charge in [-0.2, -0.15) is 0 Å². The predicted molar refractivity (Wildman–Crippen MR) is 110 cm³/mol. The number of aromatic nitrogens is 3. The summed E-state index contributed by atoms with van der Waals surface area (Å²) < 4.78 is 5.18. The Labute approximate surface area is 172 Å². The molecule has 1 aliphatic heterocycles. The minimum absolute atomic E-state index is 0.0457. The van der Waals surface area contributed by atoms with Crippen LogP contribution in [0.15, 0.2) is 36.8 Å². The molecule has 0 aromatic carbocycles. The van der Waals surface area contributed by atoms with Crippen molar-refractivity contribution in [3.05, 3.63) is 42.4 Å². The molecule has 1 saturated heterocycles. The number of ether oxygens (including phenoxy) is 1. The van der Waals surface area contributed by atoms with Crippen LogP contribution in [0.5, 0.6) is 0 Å². The van der Waals surface area contributed by atoms with Gasteiger partial charge in [-0.15, -0.1) is 0 Å². The first-order valence-corrected chi connectivity index (χ1v) is 9.72. The number of pyridine rings is 3. The molecule has 1 aliphatic carbocycles. The van der Waals surface area contributed by atoms with E-state index in [0.717, 1.165) is 16.5 Å². The number of nitrogen functional groups attached to an aromatic ring is 1. The fourth-order valence-corrected chi connectivity index (χ4v) is 3.90. The van der Waals surface area contributed by atoms with Crippen LogP contribution in [0, 0.1) is 18.8 Å². The highest BCUT2D eigenvalue weighted by molar-refractivity contribution is 5.98. The summed E-state index contributed by atoms with van der Waals surface area (Å²) in [6.07, 6.45) is 5.13. The first kappa shape index (κ1) is 18.3. The zero-order chi connectivity index (χ0) is 20.8. The number of nitrogens with zero attached hydrogens (tertiary/aromatic N) is 3. The molecule has 2 fully saturated rings. The Balaban J connectivity index is 1.37. The van der Waals surface area contributed by atoms with Crippen LogP contribution in [0.3, 0.4) is 0 Å². The molecule has 3 atom stereocenters. The maximum absolute atomic E-state index is 12.6. The zero-order valence-electron chi connectivity index (χ0n) is 16.3. The number of hydrogen-bond donors (Lipinski definition) is 3. The molecule has 3 aromatic heterocycles. The predicted octanol–water partition coefficient (Wildman–Crippen LogP) is 2.27. The van der Waals surface area contributed by atoms with Gasteiger partial charge in [0.2, 0.25) is 5.91 Å². The maximum Gasteiger partial charge on any atom is 0.407 e. The van der Waals surface area contributed by atoms with Crippen LogP contribution in [0.2, 0.25) is 0 Å². The summed E-state index contributed by atoms with van der Waals surface area (Å²) in [5.74, 6) is 0.550. The number of carbonyl (C=O) groups excluding carboxylic acids is 2. The molecular formula is C21H20N6O3. The van der Waals surface area contributed by atoms with Crippen molar-refractivity contribution in [1.29, 1.82) is 0 Å². The quantitative estimate of drug-likeness (QED) is 0.607. The molecule has 152 valence electrons. The van der Waals surface area contributed by atoms with Crippen LogP contribution in [0.4, 0.5) is 16.4 Å². The van der Waals surface area contributed by atoms with Crippen LogP contribution in [-0.4, -0.2) is 39.6 Å². The van der Waals surface area contributed by atoms with Crippen molar-refractivity contribution in [2.24, 2.45) is 11.8 Å². The second-order valence-corrected chi connectivity index (χ2v) is 7.69. The van der Waals surface area contributed by atoms with E-state index in [0.29, 0.717) is 35.7 Å². The standard InChI is InChI=1S/C21H20N6O3/c1-10-2-3-23-7-14(10)16-4-11-5-18(24-8-15(11)19(22)26-16)27-20(28)13-6-12(13)17-9-25-21(29)30-17/h2-5,7-8,12-13,17H,6,9H2,1H3,(H2,22,26)(H,25,29)(H,24,27,28)/t12-,13-,17-/m1/s1. The number of hydrogen-bond acceptors (Lipinski definition) is 7. The number of rotatable bonds is 4. The maximum atomic E-state index is 12.6. The molecule has 4 heterocycles. The Kier molecular flexibility index (Phi) is 4.23. The summed E-state index contributed by atoms with van der Waals surface area (Å²) in [6, 6.07) is 5.62. The molecule has 2 aliphatic rings. The largest absolute Gasteiger partial charge is 0.444 e. The summed E-state index contributed by atoms with van der Waals surface area (Å²) in [7, 11) is 0. The Bertz CT molecular complexity index is 1180. The van der Waals surface area contributed by atoms with E-state index in [2.05, 4.69) is 25.6 Å². The highest BCUT2D eigenvalue weighted by Crippen LogP contribution is 2.44. The van der Waals surface area contributed by atoms with E-state index >= 15 is 0 Å². The SMILES string of the molecule is Cc1ccncc1-c1cc2cc(NC(=O)[C@@H]3C[C@H]3[C@H]3CNC(=O)O3)ncc2c(N)n1. The van der Waals surface area contributed by atoms with Crippen LogP contribution < -0.4 is 16.4 Å². The fourth-order valence-electron chi connectivity index (χ4n) is 3.90. The smallest absolute Gasteiger partial charge is 0.407 e. The lowest BCUT2D eigenvalue weighted by atomic mass is 10.1. The van der Waals surface area contributed by atoms with Gasteiger partial charge in [0.25, 0.3) is 0 Å². The van der Waals surface area contributed by atoms with E-state index in [4.69, 9.17) is 10.5 Å². The second-order valence-electron chi connectivity index (χ2n) is 7.69. The monoisotopic (exact) mass is 404 g/mol. The summed E-state index contributed by atoms with van der Waals surface area (Å²) in [6.45, 7) is 2.44. The summed E-state index contributed by atoms with van der Waals surface area (Å²) in [5.41, 5.74) is 8.80. The second kappa shape index (κ2) is 6.94. The molecule has 0 bridgehead atoms. The highest BCUT2D eigenvalue weighted by atomic mass is 16.6. The molecular weight excluding hydrogens is 384 g/mol. The van der Waals surface area contributed by atoms with Crippen LogP contribution in [0.1, 0.15) is 12.0 Å². The molecule has 5 rings (SSSR count). The van der Waals surface area contributed by atoms with E-state index in [1.807, 2.05) is 19.1 Å². The van der Waals surface area contributed by atoms with Gasteiger partial charge >= 0.3 is 6.09 Å². The Morgan fingerprint density at radius 2 is 2.20 bits per heavy atom. The van der Waals surface area contributed by atoms with Gasteiger partial charge in [-0.1, -0.05) is 0 Å². The van der Waals surface area contributed by atoms with E-state index in [-0.39, 0.29) is 23.8 Å². The molecule has 9 nitrogen and oxygen atoms in total. The van der Waals surface area contributed by atoms with E-state index in [1.54, 1.807) is 24.7 Å². The molecule has 0 spiro atoms. The van der Waals surface area contributed by atoms with Crippen LogP contribution in [0.25, 0.3) is 22.0 Å². The van der Waals surface area contributed by atoms with Gasteiger partial charge in [0, 0.05) is 41.4 Å². The Hall–Kier alpha value is -3.75. The normalized spacial score (nSPS) is 22.4. The molecule has 0 radical (unpaired) electrons.